The Labute approximate surface area is 402 Å². The van der Waals surface area contributed by atoms with E-state index < -0.39 is 58.7 Å². The fourth-order valence-corrected chi connectivity index (χ4v) is 9.62. The number of β-amino-alcohol motifs (C(OH)–C–C–N with tert-alkyl or cyclic N) is 2. The van der Waals surface area contributed by atoms with Crippen molar-refractivity contribution in [1.29, 1.82) is 0 Å². The van der Waals surface area contributed by atoms with Gasteiger partial charge in [0, 0.05) is 39.0 Å². The summed E-state index contributed by atoms with van der Waals surface area (Å²) in [5.41, 5.74) is 14.2. The Hall–Kier alpha value is -5.07. The van der Waals surface area contributed by atoms with Gasteiger partial charge >= 0.3 is 5.97 Å². The number of ether oxygens (including phenoxy) is 1. The summed E-state index contributed by atoms with van der Waals surface area (Å²) in [4.78, 5) is 78.6. The number of amides is 4. The van der Waals surface area contributed by atoms with E-state index in [2.05, 4.69) is 20.6 Å². The minimum absolute atomic E-state index is 0.0563. The van der Waals surface area contributed by atoms with E-state index >= 15 is 0 Å². The van der Waals surface area contributed by atoms with Gasteiger partial charge in [-0.05, 0) is 67.7 Å². The topological polar surface area (TPSA) is 217 Å². The fraction of sp³-hybridized carbons (Fsp3) is 0.540. The van der Waals surface area contributed by atoms with Gasteiger partial charge in [-0.25, -0.2) is 9.97 Å². The van der Waals surface area contributed by atoms with Crippen LogP contribution in [0.5, 0.6) is 0 Å². The van der Waals surface area contributed by atoms with E-state index in [1.165, 1.54) is 9.80 Å². The number of carbonyl (C=O) groups excluding carboxylic acids is 5. The van der Waals surface area contributed by atoms with Crippen molar-refractivity contribution in [3.05, 3.63) is 82.1 Å². The van der Waals surface area contributed by atoms with Crippen LogP contribution in [0.3, 0.4) is 0 Å². The molecule has 0 radical (unpaired) electrons. The molecule has 2 saturated heterocycles. The zero-order valence-electron chi connectivity index (χ0n) is 40.7. The van der Waals surface area contributed by atoms with Gasteiger partial charge in [-0.1, -0.05) is 90.1 Å². The van der Waals surface area contributed by atoms with Gasteiger partial charge in [0.25, 0.3) is 0 Å². The lowest BCUT2D eigenvalue weighted by Gasteiger charge is -2.35. The summed E-state index contributed by atoms with van der Waals surface area (Å²) in [6, 6.07) is 13.6. The van der Waals surface area contributed by atoms with Crippen molar-refractivity contribution >= 4 is 52.3 Å². The number of aliphatic hydroxyl groups excluding tert-OH is 2. The van der Waals surface area contributed by atoms with Crippen LogP contribution in [0.15, 0.2) is 59.6 Å². The highest BCUT2D eigenvalue weighted by Crippen LogP contribution is 2.35. The normalized spacial score (nSPS) is 19.6. The van der Waals surface area contributed by atoms with E-state index in [4.69, 9.17) is 10.5 Å². The molecule has 0 aliphatic carbocycles. The second kappa shape index (κ2) is 21.9. The molecule has 0 bridgehead atoms. The summed E-state index contributed by atoms with van der Waals surface area (Å²) in [5.74, 6) is -2.37. The number of aryl methyl sites for hydroxylation is 2. The number of esters is 1. The first-order valence-electron chi connectivity index (χ1n) is 22.7. The third-order valence-electron chi connectivity index (χ3n) is 11.9. The van der Waals surface area contributed by atoms with Crippen LogP contribution in [0.2, 0.25) is 0 Å². The van der Waals surface area contributed by atoms with E-state index in [0.29, 0.717) is 13.1 Å². The molecule has 2 aliphatic rings. The highest BCUT2D eigenvalue weighted by molar-refractivity contribution is 7.13. The zero-order chi connectivity index (χ0) is 49.6. The number of rotatable bonds is 12. The van der Waals surface area contributed by atoms with Crippen molar-refractivity contribution in [2.75, 3.05) is 13.1 Å². The fourth-order valence-electron chi connectivity index (χ4n) is 7.99. The Bertz CT molecular complexity index is 2340. The molecular weight excluding hydrogens is 891 g/mol. The Balaban J connectivity index is 0.000000256. The molecule has 2 aromatic carbocycles. The molecule has 4 amide bonds. The van der Waals surface area contributed by atoms with Crippen LogP contribution in [0, 0.1) is 30.6 Å². The molecule has 15 nitrogen and oxygen atoms in total. The predicted molar refractivity (Wildman–Crippen MR) is 261 cm³/mol. The molecule has 67 heavy (non-hydrogen) atoms. The minimum atomic E-state index is -0.802. The third-order valence-corrected chi connectivity index (χ3v) is 13.9. The lowest BCUT2D eigenvalue weighted by atomic mass is 9.77. The molecule has 6 atom stereocenters. The maximum absolute atomic E-state index is 13.6. The number of aromatic nitrogens is 2. The van der Waals surface area contributed by atoms with E-state index in [1.54, 1.807) is 43.4 Å². The molecule has 6 N–H and O–H groups in total. The van der Waals surface area contributed by atoms with E-state index in [0.717, 1.165) is 43.4 Å². The first kappa shape index (κ1) is 52.9. The number of hydrogen-bond donors (Lipinski definition) is 5. The van der Waals surface area contributed by atoms with Crippen LogP contribution < -0.4 is 16.4 Å². The van der Waals surface area contributed by atoms with Gasteiger partial charge in [0.15, 0.2) is 0 Å². The molecule has 17 heteroatoms. The highest BCUT2D eigenvalue weighted by atomic mass is 32.1. The molecule has 4 heterocycles. The van der Waals surface area contributed by atoms with Crippen LogP contribution in [-0.4, -0.2) is 109 Å². The van der Waals surface area contributed by atoms with Crippen LogP contribution in [0.25, 0.3) is 20.9 Å². The maximum atomic E-state index is 13.6. The SMILES string of the molecule is Cc1ncsc1-c1ccc(CNC(=O)[C@@H]2C[C@@H](O)CN2C(=O)[C@@H](CC(=O)OC(C)(C)C)C(C)(C)C)cc1.Cc1ncsc1-c1ccc(CNC(=O)[C@@H]2C[C@@H](O)CN2C(=O)[C@@H](N)C(C)(C)C)cc1. The van der Waals surface area contributed by atoms with Crippen molar-refractivity contribution in [2.24, 2.45) is 22.5 Å². The summed E-state index contributed by atoms with van der Waals surface area (Å²) in [6.07, 6.45) is -1.24. The van der Waals surface area contributed by atoms with Gasteiger partial charge in [-0.15, -0.1) is 22.7 Å². The van der Waals surface area contributed by atoms with Gasteiger partial charge < -0.3 is 41.1 Å². The second-order valence-corrected chi connectivity index (χ2v) is 22.4. The van der Waals surface area contributed by atoms with Crippen LogP contribution in [-0.2, 0) is 41.8 Å². The predicted octanol–water partition coefficient (Wildman–Crippen LogP) is 6.16. The second-order valence-electron chi connectivity index (χ2n) is 20.7. The summed E-state index contributed by atoms with van der Waals surface area (Å²) in [5, 5.41) is 26.2. The van der Waals surface area contributed by atoms with Gasteiger partial charge in [-0.3, -0.25) is 24.0 Å². The van der Waals surface area contributed by atoms with Gasteiger partial charge in [0.05, 0.1) is 62.8 Å². The van der Waals surface area contributed by atoms with Crippen LogP contribution in [0.1, 0.15) is 104 Å². The molecule has 2 aromatic heterocycles. The molecule has 2 fully saturated rings. The number of nitrogens with one attached hydrogen (secondary N) is 2. The number of thiazole rings is 2. The van der Waals surface area contributed by atoms with Crippen molar-refractivity contribution in [3.8, 4) is 20.9 Å². The van der Waals surface area contributed by atoms with Crippen molar-refractivity contribution < 1.29 is 38.9 Å². The number of benzene rings is 2. The quantitative estimate of drug-likeness (QED) is 0.101. The van der Waals surface area contributed by atoms with E-state index in [9.17, 15) is 34.2 Å². The van der Waals surface area contributed by atoms with E-state index in [-0.39, 0.29) is 56.0 Å². The summed E-state index contributed by atoms with van der Waals surface area (Å²) >= 11 is 3.18. The molecular formula is C50H69N7O8S2. The van der Waals surface area contributed by atoms with Crippen LogP contribution >= 0.6 is 22.7 Å². The van der Waals surface area contributed by atoms with E-state index in [1.807, 2.05) is 115 Å². The minimum Gasteiger partial charge on any atom is -0.460 e. The standard InChI is InChI=1S/C28H39N3O5S.C22H30N4O3S/c1-17-24(37-16-30-17)19-10-8-18(9-11-19)14-29-25(34)22-12-20(32)15-31(22)26(35)21(27(2,3)4)13-23(33)36-28(5,6)7;1-13-18(30-12-25-13)15-7-5-14(6-8-15)10-24-20(28)17-9-16(27)11-26(17)21(29)19(23)22(2,3)4/h8-11,16,20-22,32H,12-15H2,1-7H3,(H,29,34);5-8,12,16-17,19,27H,9-11,23H2,1-4H3,(H,24,28)/t20-,21-,22+;16-,17+,19-/m11/s1. The maximum Gasteiger partial charge on any atom is 0.307 e. The first-order chi connectivity index (χ1) is 31.2. The molecule has 6 rings (SSSR count). The monoisotopic (exact) mass is 959 g/mol. The van der Waals surface area contributed by atoms with Crippen LogP contribution in [0.4, 0.5) is 0 Å². The molecule has 4 aromatic rings. The number of aliphatic hydroxyl groups is 2. The van der Waals surface area contributed by atoms with Crippen molar-refractivity contribution in [1.82, 2.24) is 30.4 Å². The van der Waals surface area contributed by atoms with Crippen molar-refractivity contribution in [2.45, 2.75) is 144 Å². The number of hydrogen-bond acceptors (Lipinski definition) is 13. The number of likely N-dealkylation sites (tertiary alicyclic amines) is 2. The summed E-state index contributed by atoms with van der Waals surface area (Å²) < 4.78 is 5.46. The highest BCUT2D eigenvalue weighted by Gasteiger charge is 2.45. The van der Waals surface area contributed by atoms with Crippen molar-refractivity contribution in [3.63, 3.8) is 0 Å². The Morgan fingerprint density at radius 2 is 1.09 bits per heavy atom. The Morgan fingerprint density at radius 3 is 1.43 bits per heavy atom. The molecule has 364 valence electrons. The van der Waals surface area contributed by atoms with Gasteiger partial charge in [-0.2, -0.15) is 0 Å². The summed E-state index contributed by atoms with van der Waals surface area (Å²) in [6.45, 7) is 21.4. The number of nitrogens with zero attached hydrogens (tertiary/aromatic N) is 4. The molecule has 0 spiro atoms. The molecule has 0 unspecified atom stereocenters. The number of nitrogens with two attached hydrogens (primary N) is 1. The average Bonchev–Trinajstić information content (AvgIpc) is 4.06. The Morgan fingerprint density at radius 1 is 0.687 bits per heavy atom. The summed E-state index contributed by atoms with van der Waals surface area (Å²) in [7, 11) is 0. The van der Waals surface area contributed by atoms with Gasteiger partial charge in [0.2, 0.25) is 23.6 Å². The third kappa shape index (κ3) is 14.2. The zero-order valence-corrected chi connectivity index (χ0v) is 42.3. The largest absolute Gasteiger partial charge is 0.460 e. The number of carbonyl (C=O) groups is 5. The lowest BCUT2D eigenvalue weighted by molar-refractivity contribution is -0.161. The smallest absolute Gasteiger partial charge is 0.307 e. The molecule has 2 aliphatic heterocycles. The van der Waals surface area contributed by atoms with Gasteiger partial charge in [0.1, 0.15) is 17.7 Å². The first-order valence-corrected chi connectivity index (χ1v) is 24.5. The Kier molecular flexibility index (Phi) is 17.3. The lowest BCUT2D eigenvalue weighted by Crippen LogP contribution is -2.54. The average molecular weight is 960 g/mol. The molecule has 0 saturated carbocycles.